The van der Waals surface area contributed by atoms with Gasteiger partial charge in [-0.1, -0.05) is 25.5 Å². The SMILES string of the molecule is C=C1CC[C@@H]2[C@](C)(CCC[C@]2(C)NCC(=O)O)[C@H]1CCc1ccoc1. The average molecular weight is 345 g/mol. The molecule has 2 aliphatic carbocycles. The number of aryl methyl sites for hydroxylation is 1. The second-order valence-electron chi connectivity index (χ2n) is 8.50. The second kappa shape index (κ2) is 6.99. The van der Waals surface area contributed by atoms with Gasteiger partial charge in [0.15, 0.2) is 0 Å². The number of carboxylic acid groups (broad SMARTS) is 1. The molecular weight excluding hydrogens is 314 g/mol. The summed E-state index contributed by atoms with van der Waals surface area (Å²) in [5.74, 6) is 0.214. The van der Waals surface area contributed by atoms with Crippen LogP contribution in [0.5, 0.6) is 0 Å². The van der Waals surface area contributed by atoms with E-state index in [9.17, 15) is 4.79 Å². The minimum Gasteiger partial charge on any atom is -0.480 e. The Balaban J connectivity index is 1.79. The Labute approximate surface area is 150 Å². The molecule has 1 aromatic rings. The fraction of sp³-hybridized carbons (Fsp3) is 0.667. The quantitative estimate of drug-likeness (QED) is 0.749. The lowest BCUT2D eigenvalue weighted by Gasteiger charge is -2.59. The Kier molecular flexibility index (Phi) is 5.10. The molecule has 4 atom stereocenters. The number of hydrogen-bond donors (Lipinski definition) is 2. The summed E-state index contributed by atoms with van der Waals surface area (Å²) in [6.45, 7) is 9.12. The van der Waals surface area contributed by atoms with Crippen molar-refractivity contribution in [3.05, 3.63) is 36.3 Å². The van der Waals surface area contributed by atoms with Gasteiger partial charge in [-0.3, -0.25) is 4.79 Å². The maximum atomic E-state index is 11.1. The van der Waals surface area contributed by atoms with E-state index in [-0.39, 0.29) is 17.5 Å². The van der Waals surface area contributed by atoms with Crippen LogP contribution in [0.4, 0.5) is 0 Å². The largest absolute Gasteiger partial charge is 0.480 e. The summed E-state index contributed by atoms with van der Waals surface area (Å²) >= 11 is 0. The van der Waals surface area contributed by atoms with Crippen molar-refractivity contribution in [2.24, 2.45) is 17.3 Å². The van der Waals surface area contributed by atoms with Crippen LogP contribution in [0.15, 0.2) is 35.2 Å². The molecule has 4 nitrogen and oxygen atoms in total. The first-order chi connectivity index (χ1) is 11.8. The highest BCUT2D eigenvalue weighted by Gasteiger charge is 2.54. The number of nitrogens with one attached hydrogen (secondary N) is 1. The van der Waals surface area contributed by atoms with Crippen LogP contribution in [0.2, 0.25) is 0 Å². The van der Waals surface area contributed by atoms with E-state index in [1.165, 1.54) is 17.6 Å². The third kappa shape index (κ3) is 3.55. The fourth-order valence-corrected chi connectivity index (χ4v) is 5.72. The summed E-state index contributed by atoms with van der Waals surface area (Å²) in [7, 11) is 0. The molecule has 0 amide bonds. The van der Waals surface area contributed by atoms with Crippen LogP contribution in [0.1, 0.15) is 57.9 Å². The summed E-state index contributed by atoms with van der Waals surface area (Å²) in [5, 5.41) is 12.5. The van der Waals surface area contributed by atoms with E-state index in [1.54, 1.807) is 6.26 Å². The van der Waals surface area contributed by atoms with Gasteiger partial charge in [0, 0.05) is 5.54 Å². The number of aliphatic carboxylic acids is 1. The minimum atomic E-state index is -0.773. The molecule has 0 saturated heterocycles. The predicted molar refractivity (Wildman–Crippen MR) is 98.4 cm³/mol. The van der Waals surface area contributed by atoms with Gasteiger partial charge >= 0.3 is 5.97 Å². The Morgan fingerprint density at radius 2 is 2.24 bits per heavy atom. The molecule has 2 saturated carbocycles. The summed E-state index contributed by atoms with van der Waals surface area (Å²) < 4.78 is 5.21. The molecule has 1 aromatic heterocycles. The van der Waals surface area contributed by atoms with Gasteiger partial charge in [-0.05, 0) is 74.3 Å². The second-order valence-corrected chi connectivity index (χ2v) is 8.50. The number of fused-ring (bicyclic) bond motifs is 1. The lowest BCUT2D eigenvalue weighted by atomic mass is 9.49. The van der Waals surface area contributed by atoms with Crippen molar-refractivity contribution in [3.63, 3.8) is 0 Å². The van der Waals surface area contributed by atoms with Gasteiger partial charge in [-0.15, -0.1) is 0 Å². The van der Waals surface area contributed by atoms with Crippen LogP contribution in [-0.4, -0.2) is 23.2 Å². The minimum absolute atomic E-state index is 0.0453. The van der Waals surface area contributed by atoms with Gasteiger partial charge in [0.25, 0.3) is 0 Å². The van der Waals surface area contributed by atoms with Gasteiger partial charge in [0.1, 0.15) is 0 Å². The molecule has 4 heteroatoms. The Bertz CT molecular complexity index is 623. The lowest BCUT2D eigenvalue weighted by molar-refractivity contribution is -0.137. The molecule has 2 aliphatic rings. The third-order valence-electron chi connectivity index (χ3n) is 6.96. The van der Waals surface area contributed by atoms with E-state index in [0.717, 1.165) is 38.5 Å². The Hall–Kier alpha value is -1.55. The molecule has 0 spiro atoms. The normalized spacial score (nSPS) is 35.4. The average Bonchev–Trinajstić information content (AvgIpc) is 3.05. The van der Waals surface area contributed by atoms with Crippen molar-refractivity contribution in [1.29, 1.82) is 0 Å². The van der Waals surface area contributed by atoms with E-state index >= 15 is 0 Å². The number of rotatable bonds is 6. The summed E-state index contributed by atoms with van der Waals surface area (Å²) in [6.07, 6.45) is 11.3. The van der Waals surface area contributed by atoms with Crippen LogP contribution >= 0.6 is 0 Å². The number of furan rings is 1. The van der Waals surface area contributed by atoms with Crippen molar-refractivity contribution < 1.29 is 14.3 Å². The summed E-state index contributed by atoms with van der Waals surface area (Å²) in [4.78, 5) is 11.1. The molecule has 138 valence electrons. The Morgan fingerprint density at radius 1 is 1.44 bits per heavy atom. The highest BCUT2D eigenvalue weighted by Crippen LogP contribution is 2.58. The molecule has 0 bridgehead atoms. The zero-order chi connectivity index (χ0) is 18.1. The van der Waals surface area contributed by atoms with Gasteiger partial charge in [0.2, 0.25) is 0 Å². The molecule has 0 aliphatic heterocycles. The smallest absolute Gasteiger partial charge is 0.317 e. The molecule has 0 aromatic carbocycles. The van der Waals surface area contributed by atoms with Crippen molar-refractivity contribution in [2.45, 2.75) is 64.3 Å². The van der Waals surface area contributed by atoms with E-state index < -0.39 is 5.97 Å². The zero-order valence-electron chi connectivity index (χ0n) is 15.5. The first-order valence-corrected chi connectivity index (χ1v) is 9.51. The summed E-state index contributed by atoms with van der Waals surface area (Å²) in [5.41, 5.74) is 2.73. The zero-order valence-corrected chi connectivity index (χ0v) is 15.5. The maximum absolute atomic E-state index is 11.1. The fourth-order valence-electron chi connectivity index (χ4n) is 5.72. The molecule has 25 heavy (non-hydrogen) atoms. The van der Waals surface area contributed by atoms with Crippen molar-refractivity contribution in [1.82, 2.24) is 5.32 Å². The van der Waals surface area contributed by atoms with E-state index in [2.05, 4.69) is 25.7 Å². The molecule has 2 fully saturated rings. The van der Waals surface area contributed by atoms with Crippen molar-refractivity contribution in [2.75, 3.05) is 6.54 Å². The number of carboxylic acids is 1. The van der Waals surface area contributed by atoms with E-state index in [0.29, 0.717) is 11.8 Å². The number of hydrogen-bond acceptors (Lipinski definition) is 3. The van der Waals surface area contributed by atoms with Gasteiger partial charge in [-0.2, -0.15) is 0 Å². The third-order valence-corrected chi connectivity index (χ3v) is 6.96. The predicted octanol–water partition coefficient (Wildman–Crippen LogP) is 4.42. The molecule has 0 unspecified atom stereocenters. The maximum Gasteiger partial charge on any atom is 0.317 e. The van der Waals surface area contributed by atoms with Gasteiger partial charge in [0.05, 0.1) is 19.1 Å². The highest BCUT2D eigenvalue weighted by molar-refractivity contribution is 5.69. The van der Waals surface area contributed by atoms with Crippen LogP contribution in [0.25, 0.3) is 0 Å². The molecule has 2 N–H and O–H groups in total. The molecular formula is C21H31NO3. The standard InChI is InChI=1S/C21H31NO3/c1-15-5-8-18-20(2,17(15)7-6-16-9-12-25-14-16)10-4-11-21(18,3)22-13-19(23)24/h9,12,14,17-18,22H,1,4-8,10-11,13H2,2-3H3,(H,23,24)/t17-,18+,20+,21-/m0/s1. The van der Waals surface area contributed by atoms with Crippen LogP contribution in [0, 0.1) is 17.3 Å². The van der Waals surface area contributed by atoms with Gasteiger partial charge < -0.3 is 14.8 Å². The van der Waals surface area contributed by atoms with Crippen molar-refractivity contribution in [3.8, 4) is 0 Å². The highest BCUT2D eigenvalue weighted by atomic mass is 16.4. The number of allylic oxidation sites excluding steroid dienone is 1. The topological polar surface area (TPSA) is 62.5 Å². The molecule has 1 heterocycles. The monoisotopic (exact) mass is 345 g/mol. The first-order valence-electron chi connectivity index (χ1n) is 9.51. The molecule has 3 rings (SSSR count). The van der Waals surface area contributed by atoms with E-state index in [1.807, 2.05) is 12.3 Å². The van der Waals surface area contributed by atoms with E-state index in [4.69, 9.17) is 9.52 Å². The van der Waals surface area contributed by atoms with Crippen LogP contribution < -0.4 is 5.32 Å². The molecule has 0 radical (unpaired) electrons. The van der Waals surface area contributed by atoms with Crippen molar-refractivity contribution >= 4 is 5.97 Å². The first kappa shape index (κ1) is 18.2. The van der Waals surface area contributed by atoms with Crippen LogP contribution in [0.3, 0.4) is 0 Å². The number of carbonyl (C=O) groups is 1. The Morgan fingerprint density at radius 3 is 2.92 bits per heavy atom. The lowest BCUT2D eigenvalue weighted by Crippen LogP contribution is -2.61. The van der Waals surface area contributed by atoms with Crippen LogP contribution in [-0.2, 0) is 11.2 Å². The summed E-state index contributed by atoms with van der Waals surface area (Å²) in [6, 6.07) is 2.05. The van der Waals surface area contributed by atoms with Gasteiger partial charge in [-0.25, -0.2) is 0 Å².